The van der Waals surface area contributed by atoms with Gasteiger partial charge in [0.05, 0.1) is 7.11 Å². The van der Waals surface area contributed by atoms with Gasteiger partial charge in [-0.3, -0.25) is 9.69 Å². The fraction of sp³-hybridized carbons (Fsp3) is 0.588. The second kappa shape index (κ2) is 8.67. The van der Waals surface area contributed by atoms with E-state index in [-0.39, 0.29) is 5.91 Å². The van der Waals surface area contributed by atoms with Crippen LogP contribution in [0.15, 0.2) is 18.2 Å². The van der Waals surface area contributed by atoms with Crippen molar-refractivity contribution < 1.29 is 9.53 Å². The van der Waals surface area contributed by atoms with Crippen molar-refractivity contribution in [1.29, 1.82) is 0 Å². The summed E-state index contributed by atoms with van der Waals surface area (Å²) in [6.45, 7) is 8.40. The summed E-state index contributed by atoms with van der Waals surface area (Å²) in [5, 5.41) is 2.67. The lowest BCUT2D eigenvalue weighted by Crippen LogP contribution is -2.29. The first-order valence-electron chi connectivity index (χ1n) is 7.62. The van der Waals surface area contributed by atoms with Gasteiger partial charge < -0.3 is 10.1 Å². The van der Waals surface area contributed by atoms with Crippen molar-refractivity contribution in [2.24, 2.45) is 0 Å². The summed E-state index contributed by atoms with van der Waals surface area (Å²) in [6.07, 6.45) is 1.47. The normalized spacial score (nSPS) is 12.3. The largest absolute Gasteiger partial charge is 0.497 e. The first-order valence-corrected chi connectivity index (χ1v) is 7.62. The summed E-state index contributed by atoms with van der Waals surface area (Å²) in [5.74, 6) is 1.01. The summed E-state index contributed by atoms with van der Waals surface area (Å²) < 4.78 is 5.26. The molecule has 1 unspecified atom stereocenters. The highest BCUT2D eigenvalue weighted by molar-refractivity contribution is 5.75. The quantitative estimate of drug-likeness (QED) is 0.801. The number of carbonyl (C=O) groups excluding carboxylic acids is 1. The van der Waals surface area contributed by atoms with Crippen LogP contribution in [0, 0.1) is 6.92 Å². The Balaban J connectivity index is 2.69. The van der Waals surface area contributed by atoms with Gasteiger partial charge in [0.15, 0.2) is 0 Å². The number of ether oxygens (including phenoxy) is 1. The molecule has 0 heterocycles. The minimum absolute atomic E-state index is 0.110. The first-order chi connectivity index (χ1) is 10.0. The minimum atomic E-state index is 0.110. The molecule has 0 saturated heterocycles. The minimum Gasteiger partial charge on any atom is -0.497 e. The molecule has 0 aliphatic rings. The van der Waals surface area contributed by atoms with Crippen LogP contribution < -0.4 is 10.1 Å². The summed E-state index contributed by atoms with van der Waals surface area (Å²) in [7, 11) is 3.37. The predicted molar refractivity (Wildman–Crippen MR) is 86.7 cm³/mol. The van der Waals surface area contributed by atoms with Crippen molar-refractivity contribution in [3.05, 3.63) is 29.3 Å². The highest BCUT2D eigenvalue weighted by Crippen LogP contribution is 2.26. The van der Waals surface area contributed by atoms with Gasteiger partial charge in [0.25, 0.3) is 0 Å². The number of nitrogens with one attached hydrogen (secondary N) is 1. The number of hydrogen-bond donors (Lipinski definition) is 1. The molecule has 4 nitrogen and oxygen atoms in total. The molecule has 0 radical (unpaired) electrons. The van der Waals surface area contributed by atoms with E-state index in [1.807, 2.05) is 6.07 Å². The highest BCUT2D eigenvalue weighted by atomic mass is 16.5. The third-order valence-corrected chi connectivity index (χ3v) is 4.01. The Hall–Kier alpha value is -1.55. The van der Waals surface area contributed by atoms with Gasteiger partial charge in [-0.1, -0.05) is 13.0 Å². The Kier molecular flexibility index (Phi) is 7.23. The molecule has 4 heteroatoms. The van der Waals surface area contributed by atoms with Gasteiger partial charge in [-0.15, -0.1) is 0 Å². The van der Waals surface area contributed by atoms with Crippen LogP contribution in [0.2, 0.25) is 0 Å². The average Bonchev–Trinajstić information content (AvgIpc) is 2.50. The Morgan fingerprint density at radius 3 is 2.67 bits per heavy atom. The van der Waals surface area contributed by atoms with Crippen molar-refractivity contribution in [3.8, 4) is 5.75 Å². The molecule has 0 bridgehead atoms. The molecule has 118 valence electrons. The van der Waals surface area contributed by atoms with Gasteiger partial charge in [0.2, 0.25) is 5.91 Å². The molecule has 0 fully saturated rings. The number of amides is 1. The summed E-state index contributed by atoms with van der Waals surface area (Å²) >= 11 is 0. The van der Waals surface area contributed by atoms with Crippen molar-refractivity contribution >= 4 is 5.91 Å². The molecule has 0 aromatic heterocycles. The van der Waals surface area contributed by atoms with Crippen molar-refractivity contribution in [1.82, 2.24) is 10.2 Å². The van der Waals surface area contributed by atoms with E-state index in [9.17, 15) is 4.79 Å². The standard InChI is InChI=1S/C17H28N2O2/c1-6-19(11-7-8-17(20)18-4)14(3)16-10-9-15(21-5)12-13(16)2/h9-10,12,14H,6-8,11H2,1-5H3,(H,18,20). The molecular weight excluding hydrogens is 264 g/mol. The van der Waals surface area contributed by atoms with E-state index >= 15 is 0 Å². The lowest BCUT2D eigenvalue weighted by atomic mass is 10.0. The van der Waals surface area contributed by atoms with Crippen LogP contribution in [0.25, 0.3) is 0 Å². The Bertz CT molecular complexity index is 460. The second-order valence-corrected chi connectivity index (χ2v) is 5.30. The molecular formula is C17H28N2O2. The third kappa shape index (κ3) is 5.05. The second-order valence-electron chi connectivity index (χ2n) is 5.30. The predicted octanol–water partition coefficient (Wildman–Crippen LogP) is 2.91. The van der Waals surface area contributed by atoms with E-state index in [0.29, 0.717) is 12.5 Å². The average molecular weight is 292 g/mol. The van der Waals surface area contributed by atoms with Gasteiger partial charge >= 0.3 is 0 Å². The summed E-state index contributed by atoms with van der Waals surface area (Å²) in [4.78, 5) is 13.7. The molecule has 21 heavy (non-hydrogen) atoms. The smallest absolute Gasteiger partial charge is 0.219 e. The van der Waals surface area contributed by atoms with Crippen LogP contribution in [0.1, 0.15) is 43.9 Å². The molecule has 1 atom stereocenters. The monoisotopic (exact) mass is 292 g/mol. The highest BCUT2D eigenvalue weighted by Gasteiger charge is 2.16. The maximum absolute atomic E-state index is 11.3. The Morgan fingerprint density at radius 1 is 1.43 bits per heavy atom. The molecule has 1 aromatic carbocycles. The number of rotatable bonds is 8. The van der Waals surface area contributed by atoms with Gasteiger partial charge in [0.1, 0.15) is 5.75 Å². The number of benzene rings is 1. The SMILES string of the molecule is CCN(CCCC(=O)NC)C(C)c1ccc(OC)cc1C. The van der Waals surface area contributed by atoms with Crippen molar-refractivity contribution in [3.63, 3.8) is 0 Å². The number of carbonyl (C=O) groups is 1. The molecule has 1 aromatic rings. The first kappa shape index (κ1) is 17.5. The van der Waals surface area contributed by atoms with Crippen molar-refractivity contribution in [2.45, 2.75) is 39.7 Å². The molecule has 0 spiro atoms. The van der Waals surface area contributed by atoms with Crippen molar-refractivity contribution in [2.75, 3.05) is 27.2 Å². The van der Waals surface area contributed by atoms with Crippen LogP contribution in [0.5, 0.6) is 5.75 Å². The molecule has 0 aliphatic carbocycles. The topological polar surface area (TPSA) is 41.6 Å². The van der Waals surface area contributed by atoms with Gasteiger partial charge in [-0.05, 0) is 56.6 Å². The van der Waals surface area contributed by atoms with E-state index in [1.54, 1.807) is 14.2 Å². The van der Waals surface area contributed by atoms with E-state index < -0.39 is 0 Å². The maximum Gasteiger partial charge on any atom is 0.219 e. The molecule has 1 rings (SSSR count). The zero-order valence-electron chi connectivity index (χ0n) is 13.9. The lowest BCUT2D eigenvalue weighted by molar-refractivity contribution is -0.120. The van der Waals surface area contributed by atoms with E-state index in [2.05, 4.69) is 43.1 Å². The van der Waals surface area contributed by atoms with E-state index in [4.69, 9.17) is 4.74 Å². The van der Waals surface area contributed by atoms with Crippen LogP contribution in [0.4, 0.5) is 0 Å². The maximum atomic E-state index is 11.3. The molecule has 1 N–H and O–H groups in total. The van der Waals surface area contributed by atoms with Crippen LogP contribution in [-0.2, 0) is 4.79 Å². The van der Waals surface area contributed by atoms with Crippen LogP contribution in [0.3, 0.4) is 0 Å². The van der Waals surface area contributed by atoms with Gasteiger partial charge in [-0.25, -0.2) is 0 Å². The van der Waals surface area contributed by atoms with E-state index in [0.717, 1.165) is 25.3 Å². The number of nitrogens with zero attached hydrogens (tertiary/aromatic N) is 1. The Labute approximate surface area is 128 Å². The number of aryl methyl sites for hydroxylation is 1. The zero-order valence-corrected chi connectivity index (χ0v) is 13.9. The zero-order chi connectivity index (χ0) is 15.8. The summed E-state index contributed by atoms with van der Waals surface area (Å²) in [5.41, 5.74) is 2.56. The lowest BCUT2D eigenvalue weighted by Gasteiger charge is -2.29. The number of hydrogen-bond acceptors (Lipinski definition) is 3. The van der Waals surface area contributed by atoms with E-state index in [1.165, 1.54) is 11.1 Å². The molecule has 0 aliphatic heterocycles. The molecule has 0 saturated carbocycles. The summed E-state index contributed by atoms with van der Waals surface area (Å²) in [6, 6.07) is 6.56. The fourth-order valence-electron chi connectivity index (χ4n) is 2.63. The third-order valence-electron chi connectivity index (χ3n) is 4.01. The van der Waals surface area contributed by atoms with Crippen LogP contribution in [-0.4, -0.2) is 38.1 Å². The Morgan fingerprint density at radius 2 is 2.14 bits per heavy atom. The van der Waals surface area contributed by atoms with Gasteiger partial charge in [-0.2, -0.15) is 0 Å². The van der Waals surface area contributed by atoms with Crippen LogP contribution >= 0.6 is 0 Å². The molecule has 1 amide bonds. The number of methoxy groups -OCH3 is 1. The fourth-order valence-corrected chi connectivity index (χ4v) is 2.63. The van der Waals surface area contributed by atoms with Gasteiger partial charge in [0, 0.05) is 19.5 Å².